The van der Waals surface area contributed by atoms with Crippen LogP contribution in [0, 0.1) is 18.6 Å². The lowest BCUT2D eigenvalue weighted by molar-refractivity contribution is 0.391. The van der Waals surface area contributed by atoms with E-state index in [1.807, 2.05) is 13.0 Å². The minimum Gasteiger partial charge on any atom is -0.497 e. The predicted molar refractivity (Wildman–Crippen MR) is 147 cm³/mol. The molecule has 4 aromatic rings. The molecule has 2 heterocycles. The minimum atomic E-state index is -4.65. The number of halogens is 2. The third kappa shape index (κ3) is 5.52. The lowest BCUT2D eigenvalue weighted by atomic mass is 10.1. The molecule has 40 heavy (non-hydrogen) atoms. The van der Waals surface area contributed by atoms with E-state index in [9.17, 15) is 8.42 Å². The number of sulfonamides is 1. The van der Waals surface area contributed by atoms with Gasteiger partial charge in [-0.1, -0.05) is 0 Å². The van der Waals surface area contributed by atoms with Gasteiger partial charge in [0.1, 0.15) is 34.3 Å². The Hall–Kier alpha value is -3.97. The summed E-state index contributed by atoms with van der Waals surface area (Å²) in [7, 11) is -1.73. The molecule has 0 atom stereocenters. The Kier molecular flexibility index (Phi) is 7.76. The van der Waals surface area contributed by atoms with E-state index in [0.717, 1.165) is 52.7 Å². The number of aromatic nitrogens is 2. The Labute approximate surface area is 234 Å². The zero-order valence-corrected chi connectivity index (χ0v) is 23.6. The number of methoxy groups -OCH3 is 2. The first-order chi connectivity index (χ1) is 19.2. The number of aryl methyl sites for hydroxylation is 1. The van der Waals surface area contributed by atoms with Crippen LogP contribution in [0.3, 0.4) is 0 Å². The first kappa shape index (κ1) is 27.6. The highest BCUT2D eigenvalue weighted by Gasteiger charge is 2.32. The van der Waals surface area contributed by atoms with E-state index >= 15 is 8.78 Å². The number of benzene rings is 3. The number of rotatable bonds is 10. The van der Waals surface area contributed by atoms with Gasteiger partial charge in [-0.25, -0.2) is 26.5 Å². The first-order valence-electron chi connectivity index (χ1n) is 12.2. The van der Waals surface area contributed by atoms with Crippen LogP contribution in [0.1, 0.15) is 17.5 Å². The van der Waals surface area contributed by atoms with Crippen LogP contribution in [-0.2, 0) is 16.6 Å². The van der Waals surface area contributed by atoms with Crippen molar-refractivity contribution in [1.29, 1.82) is 0 Å². The van der Waals surface area contributed by atoms with Crippen LogP contribution >= 0.6 is 11.5 Å². The minimum absolute atomic E-state index is 0.0312. The van der Waals surface area contributed by atoms with E-state index < -0.39 is 32.3 Å². The Morgan fingerprint density at radius 3 is 2.42 bits per heavy atom. The molecule has 0 bridgehead atoms. The molecule has 13 heteroatoms. The fourth-order valence-corrected chi connectivity index (χ4v) is 6.44. The molecule has 210 valence electrons. The van der Waals surface area contributed by atoms with Crippen molar-refractivity contribution in [3.63, 3.8) is 0 Å². The molecule has 3 aromatic carbocycles. The van der Waals surface area contributed by atoms with Crippen molar-refractivity contribution in [2.45, 2.75) is 24.8 Å². The number of hydrogen-bond donors (Lipinski definition) is 0. The Balaban J connectivity index is 1.48. The van der Waals surface area contributed by atoms with Gasteiger partial charge in [-0.3, -0.25) is 0 Å². The molecule has 1 fully saturated rings. The van der Waals surface area contributed by atoms with E-state index in [1.54, 1.807) is 30.3 Å². The maximum atomic E-state index is 15.4. The number of anilines is 2. The third-order valence-electron chi connectivity index (χ3n) is 6.41. The van der Waals surface area contributed by atoms with Gasteiger partial charge in [-0.05, 0) is 43.2 Å². The molecule has 0 saturated carbocycles. The molecular weight excluding hydrogens is 562 g/mol. The van der Waals surface area contributed by atoms with Gasteiger partial charge in [-0.2, -0.15) is 4.37 Å². The van der Waals surface area contributed by atoms with Gasteiger partial charge in [0.25, 0.3) is 10.0 Å². The molecule has 1 saturated heterocycles. The second-order valence-electron chi connectivity index (χ2n) is 9.07. The van der Waals surface area contributed by atoms with E-state index in [4.69, 9.17) is 14.2 Å². The molecule has 1 aliphatic rings. The van der Waals surface area contributed by atoms with Crippen LogP contribution in [0.2, 0.25) is 0 Å². The smallest absolute Gasteiger partial charge is 0.269 e. The zero-order valence-electron chi connectivity index (χ0n) is 21.9. The number of ether oxygens (including phenoxy) is 3. The van der Waals surface area contributed by atoms with Crippen molar-refractivity contribution in [2.75, 3.05) is 36.5 Å². The number of nitrogens with zero attached hydrogens (tertiary/aromatic N) is 4. The maximum Gasteiger partial charge on any atom is 0.269 e. The van der Waals surface area contributed by atoms with Gasteiger partial charge in [-0.15, -0.1) is 0 Å². The summed E-state index contributed by atoms with van der Waals surface area (Å²) in [6.45, 7) is 3.41. The summed E-state index contributed by atoms with van der Waals surface area (Å²) in [5.74, 6) is -1.49. The SMILES string of the molecule is COc1ccc(CN(c2ncns2)S(=O)(=O)c2cc(F)c(Oc3cc(C)cc(N4CCC4)c3)cc2F)c(OC)c1. The van der Waals surface area contributed by atoms with E-state index in [2.05, 4.69) is 14.3 Å². The molecule has 0 aliphatic carbocycles. The zero-order chi connectivity index (χ0) is 28.4. The summed E-state index contributed by atoms with van der Waals surface area (Å²) in [5, 5.41) is -0.0312. The second kappa shape index (κ2) is 11.3. The van der Waals surface area contributed by atoms with Crippen molar-refractivity contribution in [1.82, 2.24) is 9.36 Å². The molecule has 0 spiro atoms. The molecule has 1 aliphatic heterocycles. The third-order valence-corrected chi connectivity index (χ3v) is 8.97. The highest BCUT2D eigenvalue weighted by atomic mass is 32.2. The van der Waals surface area contributed by atoms with Crippen molar-refractivity contribution in [2.24, 2.45) is 0 Å². The van der Waals surface area contributed by atoms with Gasteiger partial charge in [0.2, 0.25) is 5.13 Å². The molecule has 0 unspecified atom stereocenters. The lowest BCUT2D eigenvalue weighted by Gasteiger charge is -2.33. The van der Waals surface area contributed by atoms with Crippen LogP contribution in [0.15, 0.2) is 59.8 Å². The van der Waals surface area contributed by atoms with E-state index in [1.165, 1.54) is 20.5 Å². The van der Waals surface area contributed by atoms with Gasteiger partial charge in [0.05, 0.1) is 20.8 Å². The predicted octanol–water partition coefficient (Wildman–Crippen LogP) is 5.54. The Bertz CT molecular complexity index is 1630. The van der Waals surface area contributed by atoms with Crippen molar-refractivity contribution in [3.8, 4) is 23.0 Å². The average Bonchev–Trinajstić information content (AvgIpc) is 3.42. The van der Waals surface area contributed by atoms with Crippen LogP contribution < -0.4 is 23.4 Å². The molecular formula is C27H26F2N4O5S2. The highest BCUT2D eigenvalue weighted by Crippen LogP contribution is 2.36. The summed E-state index contributed by atoms with van der Waals surface area (Å²) >= 11 is 0.795. The summed E-state index contributed by atoms with van der Waals surface area (Å²) in [5.41, 5.74) is 2.25. The second-order valence-corrected chi connectivity index (χ2v) is 11.7. The van der Waals surface area contributed by atoms with Gasteiger partial charge >= 0.3 is 0 Å². The summed E-state index contributed by atoms with van der Waals surface area (Å²) in [6, 6.07) is 11.6. The fraction of sp³-hybridized carbons (Fsp3) is 0.259. The van der Waals surface area contributed by atoms with Crippen molar-refractivity contribution in [3.05, 3.63) is 77.6 Å². The lowest BCUT2D eigenvalue weighted by Crippen LogP contribution is -2.36. The van der Waals surface area contributed by atoms with Gasteiger partial charge in [0, 0.05) is 60.1 Å². The molecule has 9 nitrogen and oxygen atoms in total. The standard InChI is InChI=1S/C27H26F2N4O5S2/c1-17-9-19(32-7-4-8-32)11-21(10-17)38-25-13-23(29)26(14-22(25)28)40(34,35)33(27-30-16-31-39-27)15-18-5-6-20(36-2)12-24(18)37-3/h5-6,9-14,16H,4,7-8,15H2,1-3H3. The van der Waals surface area contributed by atoms with Crippen LogP contribution in [0.4, 0.5) is 19.6 Å². The van der Waals surface area contributed by atoms with E-state index in [0.29, 0.717) is 28.9 Å². The topological polar surface area (TPSA) is 94.1 Å². The normalized spacial score (nSPS) is 13.1. The molecule has 1 aromatic heterocycles. The molecule has 5 rings (SSSR count). The monoisotopic (exact) mass is 588 g/mol. The maximum absolute atomic E-state index is 15.4. The highest BCUT2D eigenvalue weighted by molar-refractivity contribution is 7.93. The summed E-state index contributed by atoms with van der Waals surface area (Å²) < 4.78 is 79.2. The molecule has 0 amide bonds. The average molecular weight is 589 g/mol. The van der Waals surface area contributed by atoms with Crippen molar-refractivity contribution < 1.29 is 31.4 Å². The fourth-order valence-electron chi connectivity index (χ4n) is 4.25. The van der Waals surface area contributed by atoms with Gasteiger partial charge < -0.3 is 19.1 Å². The molecule has 0 radical (unpaired) electrons. The number of hydrogen-bond acceptors (Lipinski definition) is 9. The van der Waals surface area contributed by atoms with Crippen LogP contribution in [0.5, 0.6) is 23.0 Å². The quantitative estimate of drug-likeness (QED) is 0.238. The molecule has 0 N–H and O–H groups in total. The summed E-state index contributed by atoms with van der Waals surface area (Å²) in [6.07, 6.45) is 2.26. The Morgan fingerprint density at radius 1 is 0.975 bits per heavy atom. The van der Waals surface area contributed by atoms with E-state index in [-0.39, 0.29) is 11.7 Å². The van der Waals surface area contributed by atoms with Crippen LogP contribution in [-0.4, -0.2) is 45.1 Å². The van der Waals surface area contributed by atoms with Crippen molar-refractivity contribution >= 4 is 32.4 Å². The first-order valence-corrected chi connectivity index (χ1v) is 14.4. The van der Waals surface area contributed by atoms with Crippen LogP contribution in [0.25, 0.3) is 0 Å². The van der Waals surface area contributed by atoms with Gasteiger partial charge in [0.15, 0.2) is 11.6 Å². The largest absolute Gasteiger partial charge is 0.497 e. The summed E-state index contributed by atoms with van der Waals surface area (Å²) in [4.78, 5) is 5.28. The Morgan fingerprint density at radius 2 is 1.77 bits per heavy atom.